The summed E-state index contributed by atoms with van der Waals surface area (Å²) in [6.45, 7) is 6.66. The van der Waals surface area contributed by atoms with Crippen molar-refractivity contribution in [2.24, 2.45) is 0 Å². The van der Waals surface area contributed by atoms with Crippen LogP contribution in [-0.4, -0.2) is 37.2 Å². The van der Waals surface area contributed by atoms with Gasteiger partial charge in [-0.1, -0.05) is 353 Å². The number of hydrogen-bond donors (Lipinski definition) is 0. The zero-order valence-corrected chi connectivity index (χ0v) is 53.0. The van der Waals surface area contributed by atoms with Crippen LogP contribution in [0.25, 0.3) is 0 Å². The third-order valence-corrected chi connectivity index (χ3v) is 16.2. The standard InChI is InChI=1S/C72H136O6/c1-4-7-10-13-16-18-20-22-24-26-28-30-32-34-35-36-38-39-41-43-45-47-49-51-53-56-59-62-65-71(74)77-68-69(67-76-70(73)64-61-58-55-15-12-9-6-3)78-72(75)66-63-60-57-54-52-50-48-46-44-42-40-37-33-31-29-27-25-23-21-19-17-14-11-8-5-2/h21,23,27,29,69H,4-20,22,24-26,28,30-68H2,1-3H3/b23-21-,29-27-. The molecule has 0 saturated heterocycles. The minimum atomic E-state index is -0.766. The van der Waals surface area contributed by atoms with E-state index in [0.717, 1.165) is 64.2 Å². The molecular formula is C72H136O6. The lowest BCUT2D eigenvalue weighted by Gasteiger charge is -2.18. The van der Waals surface area contributed by atoms with Crippen molar-refractivity contribution in [1.82, 2.24) is 0 Å². The maximum atomic E-state index is 12.9. The molecule has 6 heteroatoms. The molecule has 0 N–H and O–H groups in total. The van der Waals surface area contributed by atoms with E-state index in [0.29, 0.717) is 19.3 Å². The quantitative estimate of drug-likeness (QED) is 0.0261. The molecule has 0 spiro atoms. The minimum Gasteiger partial charge on any atom is -0.462 e. The van der Waals surface area contributed by atoms with Crippen molar-refractivity contribution >= 4 is 17.9 Å². The predicted octanol–water partition coefficient (Wildman–Crippen LogP) is 24.2. The highest BCUT2D eigenvalue weighted by Crippen LogP contribution is 2.19. The van der Waals surface area contributed by atoms with E-state index in [1.807, 2.05) is 0 Å². The summed E-state index contributed by atoms with van der Waals surface area (Å²) in [5, 5.41) is 0. The van der Waals surface area contributed by atoms with E-state index >= 15 is 0 Å². The molecule has 6 nitrogen and oxygen atoms in total. The summed E-state index contributed by atoms with van der Waals surface area (Å²) in [7, 11) is 0. The molecule has 0 radical (unpaired) electrons. The van der Waals surface area contributed by atoms with Crippen molar-refractivity contribution in [1.29, 1.82) is 0 Å². The summed E-state index contributed by atoms with van der Waals surface area (Å²) >= 11 is 0. The monoisotopic (exact) mass is 1100 g/mol. The number of ether oxygens (including phenoxy) is 3. The molecule has 0 amide bonds. The molecule has 0 heterocycles. The first-order valence-corrected chi connectivity index (χ1v) is 35.3. The van der Waals surface area contributed by atoms with Gasteiger partial charge in [0.05, 0.1) is 0 Å². The summed E-state index contributed by atoms with van der Waals surface area (Å²) < 4.78 is 16.9. The molecular weight excluding hydrogens is 961 g/mol. The Morgan fingerprint density at radius 3 is 0.705 bits per heavy atom. The molecule has 460 valence electrons. The van der Waals surface area contributed by atoms with Gasteiger partial charge in [-0.25, -0.2) is 0 Å². The van der Waals surface area contributed by atoms with E-state index < -0.39 is 6.10 Å². The second-order valence-electron chi connectivity index (χ2n) is 24.2. The third-order valence-electron chi connectivity index (χ3n) is 16.2. The van der Waals surface area contributed by atoms with Crippen LogP contribution in [0.4, 0.5) is 0 Å². The molecule has 0 aromatic carbocycles. The fourth-order valence-corrected chi connectivity index (χ4v) is 10.9. The van der Waals surface area contributed by atoms with Crippen LogP contribution in [0.1, 0.15) is 400 Å². The first-order chi connectivity index (χ1) is 38.5. The normalized spacial score (nSPS) is 12.1. The zero-order chi connectivity index (χ0) is 56.4. The number of carbonyl (C=O) groups excluding carboxylic acids is 3. The fourth-order valence-electron chi connectivity index (χ4n) is 10.9. The van der Waals surface area contributed by atoms with E-state index in [1.54, 1.807) is 0 Å². The first-order valence-electron chi connectivity index (χ1n) is 35.3. The second-order valence-corrected chi connectivity index (χ2v) is 24.2. The molecule has 0 rings (SSSR count). The van der Waals surface area contributed by atoms with E-state index in [2.05, 4.69) is 45.1 Å². The van der Waals surface area contributed by atoms with Crippen molar-refractivity contribution in [2.45, 2.75) is 406 Å². The van der Waals surface area contributed by atoms with E-state index in [-0.39, 0.29) is 31.1 Å². The average Bonchev–Trinajstić information content (AvgIpc) is 3.44. The Bertz CT molecular complexity index is 1260. The van der Waals surface area contributed by atoms with E-state index in [9.17, 15) is 14.4 Å². The van der Waals surface area contributed by atoms with Gasteiger partial charge in [-0.3, -0.25) is 14.4 Å². The Morgan fingerprint density at radius 2 is 0.462 bits per heavy atom. The van der Waals surface area contributed by atoms with Gasteiger partial charge >= 0.3 is 17.9 Å². The maximum Gasteiger partial charge on any atom is 0.306 e. The molecule has 78 heavy (non-hydrogen) atoms. The smallest absolute Gasteiger partial charge is 0.306 e. The van der Waals surface area contributed by atoms with Gasteiger partial charge < -0.3 is 14.2 Å². The molecule has 0 aromatic heterocycles. The highest BCUT2D eigenvalue weighted by Gasteiger charge is 2.19. The van der Waals surface area contributed by atoms with Gasteiger partial charge in [0, 0.05) is 19.3 Å². The second kappa shape index (κ2) is 67.4. The summed E-state index contributed by atoms with van der Waals surface area (Å²) in [5.74, 6) is -0.845. The molecule has 1 unspecified atom stereocenters. The molecule has 0 aliphatic carbocycles. The van der Waals surface area contributed by atoms with Crippen LogP contribution < -0.4 is 0 Å². The largest absolute Gasteiger partial charge is 0.462 e. The van der Waals surface area contributed by atoms with Crippen molar-refractivity contribution in [3.63, 3.8) is 0 Å². The van der Waals surface area contributed by atoms with Gasteiger partial charge in [-0.05, 0) is 51.4 Å². The predicted molar refractivity (Wildman–Crippen MR) is 340 cm³/mol. The number of hydrogen-bond acceptors (Lipinski definition) is 6. The van der Waals surface area contributed by atoms with Crippen molar-refractivity contribution in [2.75, 3.05) is 13.2 Å². The minimum absolute atomic E-state index is 0.0654. The number of rotatable bonds is 66. The van der Waals surface area contributed by atoms with Crippen molar-refractivity contribution in [3.05, 3.63) is 24.3 Å². The Kier molecular flexibility index (Phi) is 65.6. The third kappa shape index (κ3) is 64.7. The summed E-state index contributed by atoms with van der Waals surface area (Å²) in [4.78, 5) is 38.2. The molecule has 0 aliphatic rings. The Hall–Kier alpha value is -2.11. The van der Waals surface area contributed by atoms with Gasteiger partial charge in [-0.15, -0.1) is 0 Å². The number of carbonyl (C=O) groups is 3. The Labute approximate surface area is 487 Å². The lowest BCUT2D eigenvalue weighted by molar-refractivity contribution is -0.167. The highest BCUT2D eigenvalue weighted by molar-refractivity contribution is 5.71. The molecule has 0 saturated carbocycles. The van der Waals surface area contributed by atoms with Crippen LogP contribution in [0.15, 0.2) is 24.3 Å². The summed E-state index contributed by atoms with van der Waals surface area (Å²) in [6.07, 6.45) is 82.5. The van der Waals surface area contributed by atoms with Crippen molar-refractivity contribution in [3.8, 4) is 0 Å². The van der Waals surface area contributed by atoms with Crippen LogP contribution in [0.3, 0.4) is 0 Å². The van der Waals surface area contributed by atoms with Gasteiger partial charge in [0.25, 0.3) is 0 Å². The van der Waals surface area contributed by atoms with Crippen LogP contribution in [0.5, 0.6) is 0 Å². The number of esters is 3. The molecule has 0 fully saturated rings. The summed E-state index contributed by atoms with van der Waals surface area (Å²) in [5.41, 5.74) is 0. The molecule has 1 atom stereocenters. The number of unbranched alkanes of at least 4 members (excludes halogenated alkanes) is 51. The van der Waals surface area contributed by atoms with Crippen LogP contribution in [0, 0.1) is 0 Å². The number of allylic oxidation sites excluding steroid dienone is 4. The topological polar surface area (TPSA) is 78.9 Å². The van der Waals surface area contributed by atoms with Gasteiger partial charge in [0.1, 0.15) is 13.2 Å². The van der Waals surface area contributed by atoms with Crippen LogP contribution in [-0.2, 0) is 28.6 Å². The van der Waals surface area contributed by atoms with Crippen LogP contribution in [0.2, 0.25) is 0 Å². The lowest BCUT2D eigenvalue weighted by Crippen LogP contribution is -2.30. The average molecular weight is 1100 g/mol. The summed E-state index contributed by atoms with van der Waals surface area (Å²) in [6, 6.07) is 0. The van der Waals surface area contributed by atoms with E-state index in [4.69, 9.17) is 14.2 Å². The van der Waals surface area contributed by atoms with Gasteiger partial charge in [0.2, 0.25) is 0 Å². The fraction of sp³-hybridized carbons (Fsp3) is 0.903. The van der Waals surface area contributed by atoms with Gasteiger partial charge in [0.15, 0.2) is 6.10 Å². The first kappa shape index (κ1) is 75.9. The lowest BCUT2D eigenvalue weighted by atomic mass is 10.0. The van der Waals surface area contributed by atoms with Gasteiger partial charge in [-0.2, -0.15) is 0 Å². The van der Waals surface area contributed by atoms with E-state index in [1.165, 1.54) is 295 Å². The molecule has 0 aliphatic heterocycles. The maximum absolute atomic E-state index is 12.9. The van der Waals surface area contributed by atoms with Crippen molar-refractivity contribution < 1.29 is 28.6 Å². The SMILES string of the molecule is CCCCCCC/C=C\C/C=C\CCCCCCCCCCCCCCCC(=O)OC(COC(=O)CCCCCCCCC)COC(=O)CCCCCCCCCCCCCCCCCCCCCCCCCCCCCC. The van der Waals surface area contributed by atoms with Crippen LogP contribution >= 0.6 is 0 Å². The molecule has 0 aromatic rings. The zero-order valence-electron chi connectivity index (χ0n) is 53.0. The highest BCUT2D eigenvalue weighted by atomic mass is 16.6. The Balaban J connectivity index is 4.01. The molecule has 0 bridgehead atoms. The Morgan fingerprint density at radius 1 is 0.256 bits per heavy atom.